The van der Waals surface area contributed by atoms with Gasteiger partial charge in [-0.2, -0.15) is 0 Å². The zero-order valence-corrected chi connectivity index (χ0v) is 19.4. The van der Waals surface area contributed by atoms with Gasteiger partial charge in [0.2, 0.25) is 11.8 Å². The van der Waals surface area contributed by atoms with Crippen molar-refractivity contribution in [1.82, 2.24) is 15.1 Å². The molecular weight excluding hydrogens is 432 g/mol. The fraction of sp³-hybridized carbons (Fsp3) is 0.423. The van der Waals surface area contributed by atoms with Crippen LogP contribution in [0.2, 0.25) is 0 Å². The first kappa shape index (κ1) is 22.4. The van der Waals surface area contributed by atoms with Gasteiger partial charge in [0.15, 0.2) is 0 Å². The van der Waals surface area contributed by atoms with E-state index < -0.39 is 6.04 Å². The summed E-state index contributed by atoms with van der Waals surface area (Å²) in [4.78, 5) is 44.2. The zero-order valence-electron chi connectivity index (χ0n) is 19.4. The molecule has 8 nitrogen and oxygen atoms in total. The van der Waals surface area contributed by atoms with Crippen molar-refractivity contribution in [2.75, 3.05) is 44.8 Å². The predicted molar refractivity (Wildman–Crippen MR) is 127 cm³/mol. The number of carbonyl (C=O) groups excluding carboxylic acids is 3. The van der Waals surface area contributed by atoms with Gasteiger partial charge in [0.05, 0.1) is 19.8 Å². The number of morpholine rings is 1. The quantitative estimate of drug-likeness (QED) is 0.680. The number of ether oxygens (including phenoxy) is 1. The number of likely N-dealkylation sites (N-methyl/N-ethyl adjacent to an activating group) is 1. The molecule has 1 aliphatic carbocycles. The van der Waals surface area contributed by atoms with Crippen LogP contribution in [0.25, 0.3) is 0 Å². The van der Waals surface area contributed by atoms with Crippen molar-refractivity contribution < 1.29 is 19.1 Å². The van der Waals surface area contributed by atoms with Crippen molar-refractivity contribution in [2.45, 2.75) is 31.5 Å². The van der Waals surface area contributed by atoms with Crippen LogP contribution in [0, 0.1) is 0 Å². The van der Waals surface area contributed by atoms with Crippen LogP contribution < -0.4 is 10.2 Å². The number of benzene rings is 2. The van der Waals surface area contributed by atoms with E-state index in [4.69, 9.17) is 4.74 Å². The summed E-state index contributed by atoms with van der Waals surface area (Å²) < 4.78 is 5.40. The largest absolute Gasteiger partial charge is 0.378 e. The summed E-state index contributed by atoms with van der Waals surface area (Å²) in [6.07, 6.45) is 1.82. The lowest BCUT2D eigenvalue weighted by molar-refractivity contribution is -0.133. The van der Waals surface area contributed by atoms with Gasteiger partial charge < -0.3 is 24.8 Å². The van der Waals surface area contributed by atoms with Gasteiger partial charge in [0.1, 0.15) is 6.04 Å². The highest BCUT2D eigenvalue weighted by atomic mass is 16.5. The number of nitrogens with one attached hydrogen (secondary N) is 1. The van der Waals surface area contributed by atoms with Crippen LogP contribution in [0.4, 0.5) is 5.69 Å². The molecule has 0 aromatic heterocycles. The monoisotopic (exact) mass is 462 g/mol. The molecule has 1 unspecified atom stereocenters. The van der Waals surface area contributed by atoms with Crippen LogP contribution in [0.1, 0.15) is 40.4 Å². The normalized spacial score (nSPS) is 19.7. The Morgan fingerprint density at radius 2 is 1.76 bits per heavy atom. The minimum Gasteiger partial charge on any atom is -0.378 e. The maximum Gasteiger partial charge on any atom is 0.255 e. The van der Waals surface area contributed by atoms with E-state index in [9.17, 15) is 14.4 Å². The summed E-state index contributed by atoms with van der Waals surface area (Å²) in [5.41, 5.74) is 3.48. The molecule has 3 amide bonds. The molecule has 0 radical (unpaired) electrons. The number of fused-ring (bicyclic) bond motifs is 1. The molecule has 34 heavy (non-hydrogen) atoms. The van der Waals surface area contributed by atoms with Gasteiger partial charge in [0.25, 0.3) is 5.91 Å². The fourth-order valence-electron chi connectivity index (χ4n) is 4.72. The summed E-state index contributed by atoms with van der Waals surface area (Å²) >= 11 is 0. The maximum atomic E-state index is 13.1. The van der Waals surface area contributed by atoms with Crippen LogP contribution in [0.3, 0.4) is 0 Å². The lowest BCUT2D eigenvalue weighted by Gasteiger charge is -2.29. The second kappa shape index (κ2) is 9.46. The topological polar surface area (TPSA) is 82.2 Å². The van der Waals surface area contributed by atoms with Crippen LogP contribution in [-0.4, -0.2) is 73.5 Å². The molecule has 2 aromatic carbocycles. The SMILES string of the molecule is CN(Cc1ccc(N2CCOCC2)cc1)C(=O)CNC(=O)C1c2ccccc2C(=O)N1C1CC1. The molecule has 0 spiro atoms. The molecule has 1 atom stereocenters. The Bertz CT molecular complexity index is 1080. The number of hydrogen-bond donors (Lipinski definition) is 1. The lowest BCUT2D eigenvalue weighted by Crippen LogP contribution is -2.44. The molecule has 8 heteroatoms. The molecule has 2 aliphatic heterocycles. The Balaban J connectivity index is 1.17. The Morgan fingerprint density at radius 1 is 1.06 bits per heavy atom. The lowest BCUT2D eigenvalue weighted by atomic mass is 10.0. The van der Waals surface area contributed by atoms with Gasteiger partial charge in [-0.25, -0.2) is 0 Å². The zero-order chi connectivity index (χ0) is 23.7. The molecule has 2 fully saturated rings. The van der Waals surface area contributed by atoms with Crippen molar-refractivity contribution in [3.63, 3.8) is 0 Å². The van der Waals surface area contributed by atoms with Crippen molar-refractivity contribution in [3.05, 3.63) is 65.2 Å². The third-order valence-electron chi connectivity index (χ3n) is 6.76. The summed E-state index contributed by atoms with van der Waals surface area (Å²) in [6.45, 7) is 3.59. The van der Waals surface area contributed by atoms with E-state index in [0.29, 0.717) is 12.1 Å². The average molecular weight is 463 g/mol. The van der Waals surface area contributed by atoms with Crippen molar-refractivity contribution in [3.8, 4) is 0 Å². The maximum absolute atomic E-state index is 13.1. The molecular formula is C26H30N4O4. The molecule has 3 aliphatic rings. The summed E-state index contributed by atoms with van der Waals surface area (Å²) in [6, 6.07) is 14.9. The molecule has 178 valence electrons. The fourth-order valence-corrected chi connectivity index (χ4v) is 4.72. The number of hydrogen-bond acceptors (Lipinski definition) is 5. The van der Waals surface area contributed by atoms with Crippen molar-refractivity contribution in [1.29, 1.82) is 0 Å². The first-order valence-electron chi connectivity index (χ1n) is 11.9. The third-order valence-corrected chi connectivity index (χ3v) is 6.76. The molecule has 1 N–H and O–H groups in total. The van der Waals surface area contributed by atoms with Gasteiger partial charge >= 0.3 is 0 Å². The van der Waals surface area contributed by atoms with E-state index in [-0.39, 0.29) is 30.3 Å². The Labute approximate surface area is 199 Å². The minimum atomic E-state index is -0.665. The van der Waals surface area contributed by atoms with Crippen LogP contribution in [0.5, 0.6) is 0 Å². The Morgan fingerprint density at radius 3 is 2.47 bits per heavy atom. The van der Waals surface area contributed by atoms with Gasteiger partial charge in [-0.1, -0.05) is 30.3 Å². The van der Waals surface area contributed by atoms with Crippen LogP contribution in [0.15, 0.2) is 48.5 Å². The molecule has 1 saturated heterocycles. The molecule has 2 aromatic rings. The highest BCUT2D eigenvalue weighted by Crippen LogP contribution is 2.41. The summed E-state index contributed by atoms with van der Waals surface area (Å²) in [5.74, 6) is -0.578. The van der Waals surface area contributed by atoms with E-state index in [0.717, 1.165) is 56.0 Å². The average Bonchev–Trinajstić information content (AvgIpc) is 3.67. The number of anilines is 1. The molecule has 2 heterocycles. The number of carbonyl (C=O) groups is 3. The van der Waals surface area contributed by atoms with Gasteiger partial charge in [0, 0.05) is 44.0 Å². The van der Waals surface area contributed by atoms with Gasteiger partial charge in [-0.15, -0.1) is 0 Å². The van der Waals surface area contributed by atoms with E-state index in [2.05, 4.69) is 22.3 Å². The van der Waals surface area contributed by atoms with E-state index >= 15 is 0 Å². The number of rotatable bonds is 7. The summed E-state index contributed by atoms with van der Waals surface area (Å²) in [7, 11) is 1.73. The second-order valence-corrected chi connectivity index (χ2v) is 9.17. The predicted octanol–water partition coefficient (Wildman–Crippen LogP) is 1.96. The van der Waals surface area contributed by atoms with Crippen molar-refractivity contribution in [2.24, 2.45) is 0 Å². The Hall–Kier alpha value is -3.39. The smallest absolute Gasteiger partial charge is 0.255 e. The minimum absolute atomic E-state index is 0.0952. The van der Waals surface area contributed by atoms with Crippen LogP contribution >= 0.6 is 0 Å². The second-order valence-electron chi connectivity index (χ2n) is 9.17. The highest BCUT2D eigenvalue weighted by Gasteiger charge is 2.47. The van der Waals surface area contributed by atoms with E-state index in [1.165, 1.54) is 0 Å². The van der Waals surface area contributed by atoms with Gasteiger partial charge in [-0.05, 0) is 42.2 Å². The standard InChI is InChI=1S/C26H30N4O4/c1-28(17-18-6-8-19(9-7-18)29-12-14-34-15-13-29)23(31)16-27-25(32)24-21-4-2-3-5-22(21)26(33)30(24)20-10-11-20/h2-9,20,24H,10-17H2,1H3,(H,27,32). The van der Waals surface area contributed by atoms with E-state index in [1.807, 2.05) is 30.3 Å². The highest BCUT2D eigenvalue weighted by molar-refractivity contribution is 6.05. The number of amides is 3. The first-order valence-corrected chi connectivity index (χ1v) is 11.9. The molecule has 1 saturated carbocycles. The number of nitrogens with zero attached hydrogens (tertiary/aromatic N) is 3. The Kier molecular flexibility index (Phi) is 6.24. The molecule has 5 rings (SSSR count). The summed E-state index contributed by atoms with van der Waals surface area (Å²) in [5, 5.41) is 2.77. The van der Waals surface area contributed by atoms with Gasteiger partial charge in [-0.3, -0.25) is 14.4 Å². The van der Waals surface area contributed by atoms with Crippen molar-refractivity contribution >= 4 is 23.4 Å². The van der Waals surface area contributed by atoms with Crippen LogP contribution in [-0.2, 0) is 20.9 Å². The van der Waals surface area contributed by atoms with E-state index in [1.54, 1.807) is 22.9 Å². The first-order chi connectivity index (χ1) is 16.5. The molecule has 0 bridgehead atoms. The third kappa shape index (κ3) is 4.50.